The molecule has 4 amide bonds. The van der Waals surface area contributed by atoms with E-state index in [1.807, 2.05) is 61.6 Å². The average Bonchev–Trinajstić information content (AvgIpc) is 3.36. The Balaban J connectivity index is 0.000000321. The molecule has 0 heterocycles. The number of alkyl halides is 6. The van der Waals surface area contributed by atoms with Crippen molar-refractivity contribution in [3.63, 3.8) is 0 Å². The minimum Gasteiger partial charge on any atom is -0.492 e. The van der Waals surface area contributed by atoms with Crippen LogP contribution in [0.5, 0.6) is 17.2 Å². The van der Waals surface area contributed by atoms with Crippen LogP contribution in [-0.4, -0.2) is 104 Å². The van der Waals surface area contributed by atoms with Gasteiger partial charge in [0.2, 0.25) is 0 Å². The maximum atomic E-state index is 12.5. The molecule has 0 spiro atoms. The minimum atomic E-state index is -4.39. The lowest BCUT2D eigenvalue weighted by Crippen LogP contribution is -2.32. The highest BCUT2D eigenvalue weighted by Gasteiger charge is 2.31. The number of halogens is 12. The Morgan fingerprint density at radius 1 is 0.500 bits per heavy atom. The van der Waals surface area contributed by atoms with Gasteiger partial charge in [-0.25, -0.2) is 9.59 Å². The van der Waals surface area contributed by atoms with Gasteiger partial charge in [-0.15, -0.1) is 0 Å². The number of anilines is 2. The molecular formula is C51H58Br6F6N6O8S. The molecular weight excluding hydrogens is 1450 g/mol. The first-order valence-corrected chi connectivity index (χ1v) is 30.3. The van der Waals surface area contributed by atoms with Crippen molar-refractivity contribution in [3.05, 3.63) is 141 Å². The van der Waals surface area contributed by atoms with Gasteiger partial charge >= 0.3 is 24.4 Å². The zero-order valence-electron chi connectivity index (χ0n) is 42.1. The number of carbonyl (C=O) groups is 2. The van der Waals surface area contributed by atoms with Crippen molar-refractivity contribution < 1.29 is 62.7 Å². The maximum absolute atomic E-state index is 12.5. The van der Waals surface area contributed by atoms with E-state index in [-0.39, 0.29) is 6.61 Å². The van der Waals surface area contributed by atoms with Crippen LogP contribution in [0.3, 0.4) is 0 Å². The molecule has 430 valence electrons. The molecule has 0 atom stereocenters. The van der Waals surface area contributed by atoms with E-state index in [4.69, 9.17) is 14.2 Å². The van der Waals surface area contributed by atoms with Gasteiger partial charge in [0.15, 0.2) is 0 Å². The van der Waals surface area contributed by atoms with E-state index < -0.39 is 45.7 Å². The second-order valence-electron chi connectivity index (χ2n) is 16.5. The highest BCUT2D eigenvalue weighted by molar-refractivity contribution is 9.11. The molecule has 14 nitrogen and oxygen atoms in total. The summed E-state index contributed by atoms with van der Waals surface area (Å²) in [6.07, 6.45) is -4.08. The zero-order valence-corrected chi connectivity index (χ0v) is 52.4. The predicted molar refractivity (Wildman–Crippen MR) is 313 cm³/mol. The quantitative estimate of drug-likeness (QED) is 0.0204. The fourth-order valence-electron chi connectivity index (χ4n) is 6.16. The van der Waals surface area contributed by atoms with Crippen LogP contribution in [0.1, 0.15) is 43.2 Å². The van der Waals surface area contributed by atoms with Crippen LogP contribution < -0.4 is 40.8 Å². The van der Waals surface area contributed by atoms with Crippen LogP contribution in [0, 0.1) is 0 Å². The van der Waals surface area contributed by atoms with E-state index in [9.17, 15) is 44.3 Å². The highest BCUT2D eigenvalue weighted by atomic mass is 79.9. The van der Waals surface area contributed by atoms with Gasteiger partial charge in [-0.2, -0.15) is 34.8 Å². The number of rotatable bonds is 26. The maximum Gasteiger partial charge on any atom is 0.416 e. The SMILES string of the molecule is CN(CCCNC(=O)Nc1ccc(C(F)(F)F)cc1)CCCOc1ccc(Br)cc1Br.CS(=O)(=O)OCCCOc1ccc(Br)cc1Br.O=C(NCCCNCCCOc1ccc(Br)cc1Br)Nc1ccc(C(F)(F)F)cc1. The van der Waals surface area contributed by atoms with Crippen molar-refractivity contribution in [2.75, 3.05) is 89.6 Å². The molecule has 0 unspecified atom stereocenters. The summed E-state index contributed by atoms with van der Waals surface area (Å²) in [6, 6.07) is 24.8. The van der Waals surface area contributed by atoms with Gasteiger partial charge in [-0.1, -0.05) is 47.8 Å². The summed E-state index contributed by atoms with van der Waals surface area (Å²) < 4.78 is 124. The lowest BCUT2D eigenvalue weighted by molar-refractivity contribution is -0.138. The molecule has 5 aromatic rings. The molecule has 0 aliphatic rings. The third kappa shape index (κ3) is 30.2. The predicted octanol–water partition coefficient (Wildman–Crippen LogP) is 14.9. The third-order valence-electron chi connectivity index (χ3n) is 9.98. The van der Waals surface area contributed by atoms with Gasteiger partial charge in [-0.3, -0.25) is 4.18 Å². The van der Waals surface area contributed by atoms with Crippen LogP contribution in [0.4, 0.5) is 47.3 Å². The summed E-state index contributed by atoms with van der Waals surface area (Å²) in [5, 5.41) is 13.6. The van der Waals surface area contributed by atoms with Gasteiger partial charge in [0.1, 0.15) is 17.2 Å². The van der Waals surface area contributed by atoms with Crippen LogP contribution >= 0.6 is 95.6 Å². The first kappa shape index (κ1) is 68.6. The van der Waals surface area contributed by atoms with E-state index >= 15 is 0 Å². The first-order valence-electron chi connectivity index (χ1n) is 23.7. The molecule has 5 rings (SSSR count). The Morgan fingerprint density at radius 3 is 1.27 bits per heavy atom. The van der Waals surface area contributed by atoms with Crippen molar-refractivity contribution >= 4 is 129 Å². The number of urea groups is 2. The van der Waals surface area contributed by atoms with Gasteiger partial charge in [0.05, 0.1) is 57.2 Å². The van der Waals surface area contributed by atoms with Crippen LogP contribution in [0.2, 0.25) is 0 Å². The fraction of sp³-hybridized carbons (Fsp3) is 0.373. The summed E-state index contributed by atoms with van der Waals surface area (Å²) >= 11 is 20.4. The van der Waals surface area contributed by atoms with Crippen LogP contribution in [-0.2, 0) is 26.7 Å². The Morgan fingerprint density at radius 2 is 0.872 bits per heavy atom. The number of hydrogen-bond acceptors (Lipinski definition) is 10. The van der Waals surface area contributed by atoms with Gasteiger partial charge in [-0.05, 0) is 203 Å². The van der Waals surface area contributed by atoms with Gasteiger partial charge < -0.3 is 45.7 Å². The molecule has 0 saturated carbocycles. The Bertz CT molecular complexity index is 2720. The zero-order chi connectivity index (χ0) is 57.7. The van der Waals surface area contributed by atoms with Gasteiger partial charge in [0, 0.05) is 50.8 Å². The number of nitrogens with zero attached hydrogens (tertiary/aromatic N) is 1. The number of ether oxygens (including phenoxy) is 3. The first-order chi connectivity index (χ1) is 36.8. The highest BCUT2D eigenvalue weighted by Crippen LogP contribution is 2.33. The van der Waals surface area contributed by atoms with E-state index in [2.05, 4.69) is 131 Å². The van der Waals surface area contributed by atoms with E-state index in [1.165, 1.54) is 24.3 Å². The van der Waals surface area contributed by atoms with Crippen molar-refractivity contribution in [1.29, 1.82) is 0 Å². The second kappa shape index (κ2) is 35.9. The monoisotopic (exact) mass is 1500 g/mol. The van der Waals surface area contributed by atoms with E-state index in [0.29, 0.717) is 56.5 Å². The molecule has 0 fully saturated rings. The van der Waals surface area contributed by atoms with Crippen molar-refractivity contribution in [2.24, 2.45) is 0 Å². The summed E-state index contributed by atoms with van der Waals surface area (Å²) in [6.45, 7) is 5.77. The molecule has 27 heteroatoms. The van der Waals surface area contributed by atoms with Crippen LogP contribution in [0.15, 0.2) is 130 Å². The average molecular weight is 1510 g/mol. The van der Waals surface area contributed by atoms with Gasteiger partial charge in [0.25, 0.3) is 10.1 Å². The van der Waals surface area contributed by atoms with Crippen molar-refractivity contribution in [3.8, 4) is 17.2 Å². The summed E-state index contributed by atoms with van der Waals surface area (Å²) in [4.78, 5) is 25.8. The molecule has 5 N–H and O–H groups in total. The Labute approximate surface area is 501 Å². The summed E-state index contributed by atoms with van der Waals surface area (Å²) in [5.74, 6) is 2.31. The lowest BCUT2D eigenvalue weighted by atomic mass is 10.2. The largest absolute Gasteiger partial charge is 0.492 e. The topological polar surface area (TPSA) is 169 Å². The molecule has 78 heavy (non-hydrogen) atoms. The molecule has 0 saturated heterocycles. The Hall–Kier alpha value is -3.67. The lowest BCUT2D eigenvalue weighted by Gasteiger charge is -2.17. The Kier molecular flexibility index (Phi) is 31.6. The fourth-order valence-corrected chi connectivity index (χ4v) is 10.1. The third-order valence-corrected chi connectivity index (χ3v) is 13.9. The molecule has 5 aromatic carbocycles. The second-order valence-corrected chi connectivity index (χ2v) is 23.5. The normalized spacial score (nSPS) is 11.4. The number of nitrogens with one attached hydrogen (secondary N) is 5. The van der Waals surface area contributed by atoms with E-state index in [0.717, 1.165) is 121 Å². The summed E-state index contributed by atoms with van der Waals surface area (Å²) in [5.41, 5.74) is -0.901. The van der Waals surface area contributed by atoms with Crippen molar-refractivity contribution in [2.45, 2.75) is 44.5 Å². The standard InChI is InChI=1S/C21H24Br2F3N3O2.C20H22Br2F3N3O2.C10H12Br2O4S/c1-29(12-3-13-31-19-9-6-16(22)14-18(19)23)11-2-10-27-20(30)28-17-7-4-15(5-8-17)21(24,25)26;21-15-5-8-18(17(22)13-15)30-12-2-10-26-9-1-11-27-19(29)28-16-6-3-14(4-7-16)20(23,24)25;1-17(13,14)16-6-2-5-15-10-4-3-8(11)7-9(10)12/h4-9,14H,2-3,10-13H2,1H3,(H2,27,28,30);3-8,13,26H,1-2,9-12H2,(H2,27,28,29);3-4,7H,2,5-6H2,1H3. The number of benzene rings is 5. The molecule has 0 aliphatic heterocycles. The van der Waals surface area contributed by atoms with E-state index in [1.54, 1.807) is 0 Å². The van der Waals surface area contributed by atoms with Crippen LogP contribution in [0.25, 0.3) is 0 Å². The number of hydrogen-bond donors (Lipinski definition) is 5. The summed E-state index contributed by atoms with van der Waals surface area (Å²) in [7, 11) is -1.36. The van der Waals surface area contributed by atoms with Crippen molar-refractivity contribution in [1.82, 2.24) is 20.9 Å². The minimum absolute atomic E-state index is 0.132. The molecule has 0 radical (unpaired) electrons. The molecule has 0 aliphatic carbocycles. The number of amides is 4. The molecule has 0 aromatic heterocycles. The number of carbonyl (C=O) groups excluding carboxylic acids is 2. The smallest absolute Gasteiger partial charge is 0.416 e. The molecule has 0 bridgehead atoms.